The molecule has 0 heterocycles. The van der Waals surface area contributed by atoms with Crippen molar-refractivity contribution in [2.24, 2.45) is 17.6 Å². The van der Waals surface area contributed by atoms with Crippen molar-refractivity contribution >= 4 is 5.91 Å². The van der Waals surface area contributed by atoms with Gasteiger partial charge < -0.3 is 15.8 Å². The minimum Gasteiger partial charge on any atom is -0.380 e. The van der Waals surface area contributed by atoms with Gasteiger partial charge in [-0.05, 0) is 12.8 Å². The molecule has 0 aromatic rings. The predicted molar refractivity (Wildman–Crippen MR) is 61.5 cm³/mol. The Morgan fingerprint density at radius 1 is 1.40 bits per heavy atom. The van der Waals surface area contributed by atoms with Crippen molar-refractivity contribution < 1.29 is 9.53 Å². The molecule has 0 aromatic carbocycles. The molecule has 2 atom stereocenters. The molecule has 0 spiro atoms. The second-order valence-electron chi connectivity index (χ2n) is 4.22. The number of nitrogens with one attached hydrogen (secondary N) is 1. The average molecular weight is 216 g/mol. The van der Waals surface area contributed by atoms with E-state index >= 15 is 0 Å². The normalized spacial score (nSPS) is 15.3. The molecule has 1 amide bonds. The van der Waals surface area contributed by atoms with E-state index in [4.69, 9.17) is 10.5 Å². The second-order valence-corrected chi connectivity index (χ2v) is 4.22. The van der Waals surface area contributed by atoms with E-state index in [0.29, 0.717) is 19.1 Å². The molecule has 90 valence electrons. The lowest BCUT2D eigenvalue weighted by Gasteiger charge is -2.23. The average Bonchev–Trinajstić information content (AvgIpc) is 2.16. The Hall–Kier alpha value is -0.610. The number of amides is 1. The smallest absolute Gasteiger partial charge is 0.221 e. The Kier molecular flexibility index (Phi) is 7.34. The molecule has 3 N–H and O–H groups in total. The summed E-state index contributed by atoms with van der Waals surface area (Å²) in [4.78, 5) is 10.8. The van der Waals surface area contributed by atoms with Crippen molar-refractivity contribution in [2.45, 2.75) is 33.7 Å². The van der Waals surface area contributed by atoms with Crippen LogP contribution in [0.15, 0.2) is 0 Å². The van der Waals surface area contributed by atoms with Gasteiger partial charge in [-0.3, -0.25) is 4.79 Å². The van der Waals surface area contributed by atoms with E-state index in [1.807, 2.05) is 13.8 Å². The molecule has 4 nitrogen and oxygen atoms in total. The summed E-state index contributed by atoms with van der Waals surface area (Å²) in [5.41, 5.74) is 5.19. The van der Waals surface area contributed by atoms with Crippen molar-refractivity contribution in [3.05, 3.63) is 0 Å². The number of carbonyl (C=O) groups excluding carboxylic acids is 1. The van der Waals surface area contributed by atoms with E-state index in [-0.39, 0.29) is 17.9 Å². The van der Waals surface area contributed by atoms with Crippen LogP contribution in [0, 0.1) is 11.8 Å². The van der Waals surface area contributed by atoms with Crippen LogP contribution in [0.1, 0.15) is 27.7 Å². The van der Waals surface area contributed by atoms with Crippen molar-refractivity contribution in [2.75, 3.05) is 19.8 Å². The van der Waals surface area contributed by atoms with E-state index in [1.165, 1.54) is 0 Å². The van der Waals surface area contributed by atoms with Crippen molar-refractivity contribution in [1.82, 2.24) is 5.32 Å². The van der Waals surface area contributed by atoms with E-state index in [1.54, 1.807) is 0 Å². The molecule has 0 aliphatic heterocycles. The van der Waals surface area contributed by atoms with Crippen LogP contribution < -0.4 is 11.1 Å². The number of carbonyl (C=O) groups is 1. The molecule has 0 radical (unpaired) electrons. The molecule has 0 saturated heterocycles. The molecule has 4 heteroatoms. The number of ether oxygens (including phenoxy) is 1. The van der Waals surface area contributed by atoms with Gasteiger partial charge in [0.15, 0.2) is 0 Å². The molecule has 2 unspecified atom stereocenters. The SMILES string of the molecule is CCOCC(NCC(C)C(N)=O)C(C)C. The van der Waals surface area contributed by atoms with Gasteiger partial charge in [-0.25, -0.2) is 0 Å². The monoisotopic (exact) mass is 216 g/mol. The zero-order chi connectivity index (χ0) is 11.8. The first-order valence-corrected chi connectivity index (χ1v) is 5.59. The predicted octanol–water partition coefficient (Wildman–Crippen LogP) is 0.759. The molecule has 15 heavy (non-hydrogen) atoms. The highest BCUT2D eigenvalue weighted by molar-refractivity contribution is 5.76. The minimum absolute atomic E-state index is 0.132. The Morgan fingerprint density at radius 3 is 2.40 bits per heavy atom. The Morgan fingerprint density at radius 2 is 2.00 bits per heavy atom. The van der Waals surface area contributed by atoms with Gasteiger partial charge in [0.2, 0.25) is 5.91 Å². The highest BCUT2D eigenvalue weighted by Crippen LogP contribution is 2.03. The third kappa shape index (κ3) is 6.47. The summed E-state index contributed by atoms with van der Waals surface area (Å²) in [5, 5.41) is 3.31. The summed E-state index contributed by atoms with van der Waals surface area (Å²) in [6.07, 6.45) is 0. The number of hydrogen-bond donors (Lipinski definition) is 2. The first kappa shape index (κ1) is 14.4. The van der Waals surface area contributed by atoms with E-state index in [2.05, 4.69) is 19.2 Å². The topological polar surface area (TPSA) is 64.3 Å². The molecule has 0 aliphatic carbocycles. The van der Waals surface area contributed by atoms with Gasteiger partial charge in [-0.15, -0.1) is 0 Å². The standard InChI is InChI=1S/C11H24N2O2/c1-5-15-7-10(8(2)3)13-6-9(4)11(12)14/h8-10,13H,5-7H2,1-4H3,(H2,12,14). The fraction of sp³-hybridized carbons (Fsp3) is 0.909. The van der Waals surface area contributed by atoms with Gasteiger partial charge in [-0.2, -0.15) is 0 Å². The fourth-order valence-electron chi connectivity index (χ4n) is 1.16. The summed E-state index contributed by atoms with van der Waals surface area (Å²) in [6, 6.07) is 0.284. The molecular weight excluding hydrogens is 192 g/mol. The maximum Gasteiger partial charge on any atom is 0.221 e. The zero-order valence-electron chi connectivity index (χ0n) is 10.2. The molecule has 0 aromatic heterocycles. The fourth-order valence-corrected chi connectivity index (χ4v) is 1.16. The Balaban J connectivity index is 3.90. The number of primary amides is 1. The molecule has 0 fully saturated rings. The Labute approximate surface area is 92.6 Å². The highest BCUT2D eigenvalue weighted by Gasteiger charge is 2.15. The molecule has 0 bridgehead atoms. The van der Waals surface area contributed by atoms with Gasteiger partial charge in [0.1, 0.15) is 0 Å². The van der Waals surface area contributed by atoms with Gasteiger partial charge in [0.05, 0.1) is 6.61 Å². The molecule has 0 saturated carbocycles. The van der Waals surface area contributed by atoms with Crippen LogP contribution in [0.3, 0.4) is 0 Å². The van der Waals surface area contributed by atoms with Crippen LogP contribution >= 0.6 is 0 Å². The van der Waals surface area contributed by atoms with Crippen LogP contribution in [-0.2, 0) is 9.53 Å². The summed E-state index contributed by atoms with van der Waals surface area (Å²) in [7, 11) is 0. The van der Waals surface area contributed by atoms with Crippen LogP contribution in [-0.4, -0.2) is 31.7 Å². The van der Waals surface area contributed by atoms with Crippen LogP contribution in [0.25, 0.3) is 0 Å². The number of hydrogen-bond acceptors (Lipinski definition) is 3. The van der Waals surface area contributed by atoms with Crippen LogP contribution in [0.4, 0.5) is 0 Å². The van der Waals surface area contributed by atoms with Crippen molar-refractivity contribution in [3.63, 3.8) is 0 Å². The van der Waals surface area contributed by atoms with Crippen LogP contribution in [0.5, 0.6) is 0 Å². The number of nitrogens with two attached hydrogens (primary N) is 1. The summed E-state index contributed by atoms with van der Waals surface area (Å²) in [6.45, 7) is 10.1. The molecule has 0 rings (SSSR count). The maximum absolute atomic E-state index is 10.8. The lowest BCUT2D eigenvalue weighted by Crippen LogP contribution is -2.42. The van der Waals surface area contributed by atoms with Crippen LogP contribution in [0.2, 0.25) is 0 Å². The summed E-state index contributed by atoms with van der Waals surface area (Å²) < 4.78 is 5.37. The maximum atomic E-state index is 10.8. The second kappa shape index (κ2) is 7.65. The van der Waals surface area contributed by atoms with Gasteiger partial charge in [-0.1, -0.05) is 20.8 Å². The van der Waals surface area contributed by atoms with Crippen molar-refractivity contribution in [3.8, 4) is 0 Å². The number of rotatable bonds is 8. The largest absolute Gasteiger partial charge is 0.380 e. The third-order valence-corrected chi connectivity index (χ3v) is 2.48. The van der Waals surface area contributed by atoms with Gasteiger partial charge in [0, 0.05) is 25.1 Å². The van der Waals surface area contributed by atoms with Gasteiger partial charge >= 0.3 is 0 Å². The first-order valence-electron chi connectivity index (χ1n) is 5.59. The Bertz CT molecular complexity index is 183. The van der Waals surface area contributed by atoms with E-state index in [9.17, 15) is 4.79 Å². The summed E-state index contributed by atoms with van der Waals surface area (Å²) in [5.74, 6) is 0.0888. The van der Waals surface area contributed by atoms with E-state index in [0.717, 1.165) is 6.61 Å². The lowest BCUT2D eigenvalue weighted by atomic mass is 10.0. The van der Waals surface area contributed by atoms with Gasteiger partial charge in [0.25, 0.3) is 0 Å². The highest BCUT2D eigenvalue weighted by atomic mass is 16.5. The first-order chi connectivity index (χ1) is 6.99. The van der Waals surface area contributed by atoms with Crippen molar-refractivity contribution in [1.29, 1.82) is 0 Å². The molecule has 0 aliphatic rings. The quantitative estimate of drug-likeness (QED) is 0.629. The zero-order valence-corrected chi connectivity index (χ0v) is 10.2. The summed E-state index contributed by atoms with van der Waals surface area (Å²) >= 11 is 0. The molecular formula is C11H24N2O2. The minimum atomic E-state index is -0.263. The lowest BCUT2D eigenvalue weighted by molar-refractivity contribution is -0.121. The third-order valence-electron chi connectivity index (χ3n) is 2.48. The van der Waals surface area contributed by atoms with E-state index < -0.39 is 0 Å².